The number of nitro groups is 1. The first-order valence-electron chi connectivity index (χ1n) is 7.73. The van der Waals surface area contributed by atoms with Gasteiger partial charge in [-0.15, -0.1) is 0 Å². The van der Waals surface area contributed by atoms with Gasteiger partial charge >= 0.3 is 0 Å². The zero-order valence-electron chi connectivity index (χ0n) is 13.4. The van der Waals surface area contributed by atoms with Gasteiger partial charge in [-0.05, 0) is 25.0 Å². The van der Waals surface area contributed by atoms with E-state index < -0.39 is 16.9 Å². The van der Waals surface area contributed by atoms with Crippen LogP contribution in [0.3, 0.4) is 0 Å². The van der Waals surface area contributed by atoms with Crippen LogP contribution in [0.15, 0.2) is 54.6 Å². The number of carbonyl (C=O) groups excluding carboxylic acids is 1. The average Bonchev–Trinajstić information content (AvgIpc) is 2.58. The lowest BCUT2D eigenvalue weighted by molar-refractivity contribution is -0.385. The molecule has 2 rings (SSSR count). The Hall–Kier alpha value is -2.73. The lowest BCUT2D eigenvalue weighted by Gasteiger charge is -2.19. The molecular weight excluding hydrogens is 308 g/mol. The van der Waals surface area contributed by atoms with Crippen LogP contribution in [0.25, 0.3) is 0 Å². The summed E-state index contributed by atoms with van der Waals surface area (Å²) in [5, 5.41) is 23.4. The summed E-state index contributed by atoms with van der Waals surface area (Å²) in [6.07, 6.45) is -0.0283. The molecular formula is C18H20N2O4. The molecule has 0 aliphatic carbocycles. The molecule has 6 nitrogen and oxygen atoms in total. The normalized spacial score (nSPS) is 13.1. The molecule has 24 heavy (non-hydrogen) atoms. The van der Waals surface area contributed by atoms with Crippen molar-refractivity contribution in [3.8, 4) is 0 Å². The second-order valence-corrected chi connectivity index (χ2v) is 5.68. The van der Waals surface area contributed by atoms with Crippen LogP contribution in [0.1, 0.15) is 35.2 Å². The largest absolute Gasteiger partial charge is 0.393 e. The van der Waals surface area contributed by atoms with Gasteiger partial charge in [-0.1, -0.05) is 42.5 Å². The predicted molar refractivity (Wildman–Crippen MR) is 90.9 cm³/mol. The maximum Gasteiger partial charge on any atom is 0.282 e. The molecule has 0 bridgehead atoms. The number of carbonyl (C=O) groups is 1. The predicted octanol–water partition coefficient (Wildman–Crippen LogP) is 2.88. The van der Waals surface area contributed by atoms with Crippen LogP contribution >= 0.6 is 0 Å². The van der Waals surface area contributed by atoms with Crippen molar-refractivity contribution in [3.05, 3.63) is 75.8 Å². The van der Waals surface area contributed by atoms with E-state index in [-0.39, 0.29) is 17.2 Å². The van der Waals surface area contributed by atoms with Gasteiger partial charge in [-0.2, -0.15) is 0 Å². The Morgan fingerprint density at radius 1 is 1.17 bits per heavy atom. The van der Waals surface area contributed by atoms with Gasteiger partial charge in [-0.3, -0.25) is 14.9 Å². The minimum atomic E-state index is -0.570. The molecule has 0 heterocycles. The van der Waals surface area contributed by atoms with E-state index in [4.69, 9.17) is 0 Å². The molecule has 2 unspecified atom stereocenters. The van der Waals surface area contributed by atoms with Gasteiger partial charge in [0.05, 0.1) is 11.0 Å². The average molecular weight is 328 g/mol. The highest BCUT2D eigenvalue weighted by molar-refractivity contribution is 5.98. The van der Waals surface area contributed by atoms with Crippen molar-refractivity contribution in [1.29, 1.82) is 0 Å². The molecule has 0 aromatic heterocycles. The van der Waals surface area contributed by atoms with E-state index in [1.807, 2.05) is 30.3 Å². The highest BCUT2D eigenvalue weighted by Crippen LogP contribution is 2.22. The number of rotatable bonds is 7. The number of benzene rings is 2. The molecule has 0 saturated carbocycles. The first-order valence-corrected chi connectivity index (χ1v) is 7.73. The summed E-state index contributed by atoms with van der Waals surface area (Å²) in [6, 6.07) is 15.4. The van der Waals surface area contributed by atoms with Crippen LogP contribution in [0.2, 0.25) is 0 Å². The van der Waals surface area contributed by atoms with Gasteiger partial charge < -0.3 is 10.4 Å². The summed E-state index contributed by atoms with van der Waals surface area (Å²) in [6.45, 7) is 1.99. The summed E-state index contributed by atoms with van der Waals surface area (Å²) in [5.74, 6) is -0.563. The first-order chi connectivity index (χ1) is 11.5. The van der Waals surface area contributed by atoms with Gasteiger partial charge in [0.15, 0.2) is 0 Å². The van der Waals surface area contributed by atoms with E-state index >= 15 is 0 Å². The number of para-hydroxylation sites is 1. The summed E-state index contributed by atoms with van der Waals surface area (Å²) >= 11 is 0. The molecule has 0 aliphatic heterocycles. The van der Waals surface area contributed by atoms with Crippen LogP contribution < -0.4 is 5.32 Å². The fourth-order valence-corrected chi connectivity index (χ4v) is 2.61. The zero-order chi connectivity index (χ0) is 17.5. The molecule has 126 valence electrons. The van der Waals surface area contributed by atoms with Crippen molar-refractivity contribution in [2.45, 2.75) is 25.4 Å². The Kier molecular flexibility index (Phi) is 6.03. The number of amides is 1. The highest BCUT2D eigenvalue weighted by atomic mass is 16.6. The number of nitrogens with zero attached hydrogens (tertiary/aromatic N) is 1. The third-order valence-electron chi connectivity index (χ3n) is 3.75. The molecule has 2 atom stereocenters. The van der Waals surface area contributed by atoms with Gasteiger partial charge in [0.25, 0.3) is 11.6 Å². The van der Waals surface area contributed by atoms with Crippen LogP contribution in [-0.4, -0.2) is 28.6 Å². The van der Waals surface area contributed by atoms with Crippen molar-refractivity contribution in [1.82, 2.24) is 5.32 Å². The zero-order valence-corrected chi connectivity index (χ0v) is 13.4. The van der Waals surface area contributed by atoms with E-state index in [1.165, 1.54) is 18.2 Å². The summed E-state index contributed by atoms with van der Waals surface area (Å²) in [4.78, 5) is 22.8. The van der Waals surface area contributed by atoms with E-state index in [0.717, 1.165) is 5.56 Å². The third-order valence-corrected chi connectivity index (χ3v) is 3.75. The van der Waals surface area contributed by atoms with Crippen molar-refractivity contribution < 1.29 is 14.8 Å². The molecule has 6 heteroatoms. The molecule has 0 aliphatic rings. The molecule has 0 fully saturated rings. The maximum atomic E-state index is 12.3. The molecule has 0 saturated heterocycles. The SMILES string of the molecule is CC(O)CC(CNC(=O)c1ccccc1[N+](=O)[O-])c1ccccc1. The topological polar surface area (TPSA) is 92.5 Å². The Bertz CT molecular complexity index is 701. The highest BCUT2D eigenvalue weighted by Gasteiger charge is 2.21. The van der Waals surface area contributed by atoms with Crippen molar-refractivity contribution in [2.75, 3.05) is 6.54 Å². The molecule has 1 amide bonds. The molecule has 2 aromatic carbocycles. The molecule has 0 radical (unpaired) electrons. The minimum absolute atomic E-state index is 0.0337. The molecule has 0 spiro atoms. The monoisotopic (exact) mass is 328 g/mol. The van der Waals surface area contributed by atoms with Crippen LogP contribution in [0.4, 0.5) is 5.69 Å². The van der Waals surface area contributed by atoms with E-state index in [1.54, 1.807) is 13.0 Å². The Morgan fingerprint density at radius 2 is 1.79 bits per heavy atom. The molecule has 2 N–H and O–H groups in total. The number of nitrogens with one attached hydrogen (secondary N) is 1. The molecule has 2 aromatic rings. The number of hydrogen-bond acceptors (Lipinski definition) is 4. The second kappa shape index (κ2) is 8.21. The van der Waals surface area contributed by atoms with Gasteiger partial charge in [0.2, 0.25) is 0 Å². The van der Waals surface area contributed by atoms with Crippen LogP contribution in [0.5, 0.6) is 0 Å². The summed E-state index contributed by atoms with van der Waals surface area (Å²) < 4.78 is 0. The minimum Gasteiger partial charge on any atom is -0.393 e. The van der Waals surface area contributed by atoms with E-state index in [9.17, 15) is 20.0 Å². The van der Waals surface area contributed by atoms with Crippen LogP contribution in [0, 0.1) is 10.1 Å². The lowest BCUT2D eigenvalue weighted by atomic mass is 9.93. The van der Waals surface area contributed by atoms with Gasteiger partial charge in [0.1, 0.15) is 5.56 Å². The lowest BCUT2D eigenvalue weighted by Crippen LogP contribution is -2.30. The fraction of sp³-hybridized carbons (Fsp3) is 0.278. The number of nitro benzene ring substituents is 1. The fourth-order valence-electron chi connectivity index (χ4n) is 2.61. The van der Waals surface area contributed by atoms with E-state index in [0.29, 0.717) is 13.0 Å². The first kappa shape index (κ1) is 17.6. The van der Waals surface area contributed by atoms with Crippen LogP contribution in [-0.2, 0) is 0 Å². The second-order valence-electron chi connectivity index (χ2n) is 5.68. The third kappa shape index (κ3) is 4.63. The Labute approximate surface area is 140 Å². The standard InChI is InChI=1S/C18H20N2O4/c1-13(21)11-15(14-7-3-2-4-8-14)12-19-18(22)16-9-5-6-10-17(16)20(23)24/h2-10,13,15,21H,11-12H2,1H3,(H,19,22). The van der Waals surface area contributed by atoms with E-state index in [2.05, 4.69) is 5.32 Å². The van der Waals surface area contributed by atoms with Gasteiger partial charge in [-0.25, -0.2) is 0 Å². The van der Waals surface area contributed by atoms with Crippen molar-refractivity contribution in [2.24, 2.45) is 0 Å². The number of aliphatic hydroxyl groups excluding tert-OH is 1. The summed E-state index contributed by atoms with van der Waals surface area (Å²) in [5.41, 5.74) is 0.814. The smallest absolute Gasteiger partial charge is 0.282 e. The number of aliphatic hydroxyl groups is 1. The van der Waals surface area contributed by atoms with Gasteiger partial charge in [0, 0.05) is 18.5 Å². The quantitative estimate of drug-likeness (QED) is 0.604. The Morgan fingerprint density at radius 3 is 2.42 bits per heavy atom. The van der Waals surface area contributed by atoms with Crippen molar-refractivity contribution in [3.63, 3.8) is 0 Å². The summed E-state index contributed by atoms with van der Waals surface area (Å²) in [7, 11) is 0. The van der Waals surface area contributed by atoms with Crippen molar-refractivity contribution >= 4 is 11.6 Å². The Balaban J connectivity index is 2.12. The maximum absolute atomic E-state index is 12.3. The number of hydrogen-bond donors (Lipinski definition) is 2.